The first-order chi connectivity index (χ1) is 13.5. The zero-order valence-electron chi connectivity index (χ0n) is 15.3. The molecule has 1 aromatic heterocycles. The number of hydrogen-bond donors (Lipinski definition) is 1. The average Bonchev–Trinajstić information content (AvgIpc) is 3.07. The maximum atomic E-state index is 13.4. The topological polar surface area (TPSA) is 88.6 Å². The van der Waals surface area contributed by atoms with Crippen LogP contribution in [0.1, 0.15) is 24.0 Å². The second-order valence-electron chi connectivity index (χ2n) is 7.60. The Kier molecular flexibility index (Phi) is 3.96. The van der Waals surface area contributed by atoms with Gasteiger partial charge in [-0.05, 0) is 54.2 Å². The number of aromatic nitrogens is 1. The lowest BCUT2D eigenvalue weighted by atomic mass is 10.2. The highest BCUT2D eigenvalue weighted by atomic mass is 32.2. The molecule has 7 nitrogen and oxygen atoms in total. The van der Waals surface area contributed by atoms with E-state index in [1.54, 1.807) is 30.6 Å². The van der Waals surface area contributed by atoms with Crippen molar-refractivity contribution in [1.29, 1.82) is 0 Å². The monoisotopic (exact) mass is 399 g/mol. The molecule has 3 aliphatic rings. The Bertz CT molecular complexity index is 1040. The smallest absolute Gasteiger partial charge is 0.244 e. The predicted octanol–water partition coefficient (Wildman–Crippen LogP) is 1.49. The van der Waals surface area contributed by atoms with Gasteiger partial charge in [0.1, 0.15) is 11.3 Å². The van der Waals surface area contributed by atoms with E-state index in [2.05, 4.69) is 10.3 Å². The normalized spacial score (nSPS) is 25.6. The fourth-order valence-electron chi connectivity index (χ4n) is 4.45. The molecule has 5 rings (SSSR count). The number of carbonyl (C=O) groups excluding carboxylic acids is 1. The summed E-state index contributed by atoms with van der Waals surface area (Å²) < 4.78 is 33.6. The Labute approximate surface area is 163 Å². The predicted molar refractivity (Wildman–Crippen MR) is 101 cm³/mol. The van der Waals surface area contributed by atoms with Gasteiger partial charge in [-0.2, -0.15) is 4.31 Å². The first-order valence-corrected chi connectivity index (χ1v) is 10.9. The van der Waals surface area contributed by atoms with Crippen LogP contribution in [0.3, 0.4) is 0 Å². The third kappa shape index (κ3) is 2.62. The van der Waals surface area contributed by atoms with Gasteiger partial charge in [0.25, 0.3) is 0 Å². The van der Waals surface area contributed by atoms with Crippen LogP contribution >= 0.6 is 0 Å². The van der Waals surface area contributed by atoms with Gasteiger partial charge in [-0.25, -0.2) is 8.42 Å². The van der Waals surface area contributed by atoms with E-state index in [0.717, 1.165) is 16.9 Å². The van der Waals surface area contributed by atoms with E-state index in [9.17, 15) is 13.2 Å². The van der Waals surface area contributed by atoms with Gasteiger partial charge in [0.2, 0.25) is 15.9 Å². The van der Waals surface area contributed by atoms with E-state index in [0.29, 0.717) is 39.0 Å². The summed E-state index contributed by atoms with van der Waals surface area (Å²) in [4.78, 5) is 17.3. The largest absolute Gasteiger partial charge is 0.493 e. The summed E-state index contributed by atoms with van der Waals surface area (Å²) in [6.45, 7) is 1.29. The molecule has 2 atom stereocenters. The molecule has 146 valence electrons. The van der Waals surface area contributed by atoms with Gasteiger partial charge in [0.15, 0.2) is 0 Å². The van der Waals surface area contributed by atoms with Crippen molar-refractivity contribution >= 4 is 15.9 Å². The van der Waals surface area contributed by atoms with Crippen LogP contribution < -0.4 is 10.1 Å². The second kappa shape index (κ2) is 6.28. The van der Waals surface area contributed by atoms with Crippen molar-refractivity contribution in [2.75, 3.05) is 13.2 Å². The van der Waals surface area contributed by atoms with Crippen molar-refractivity contribution in [3.63, 3.8) is 0 Å². The van der Waals surface area contributed by atoms with Gasteiger partial charge in [-0.1, -0.05) is 6.07 Å². The number of ether oxygens (including phenoxy) is 1. The van der Waals surface area contributed by atoms with Crippen LogP contribution in [0.2, 0.25) is 0 Å². The fraction of sp³-hybridized carbons (Fsp3) is 0.400. The molecule has 0 bridgehead atoms. The minimum absolute atomic E-state index is 0.0916. The zero-order chi connectivity index (χ0) is 19.4. The number of hydrogen-bond acceptors (Lipinski definition) is 5. The lowest BCUT2D eigenvalue weighted by molar-refractivity contribution is -0.126. The molecule has 28 heavy (non-hydrogen) atoms. The lowest BCUT2D eigenvalue weighted by Gasteiger charge is -2.27. The van der Waals surface area contributed by atoms with Crippen LogP contribution in [-0.4, -0.2) is 42.3 Å². The fourth-order valence-corrected chi connectivity index (χ4v) is 6.32. The quantitative estimate of drug-likeness (QED) is 0.823. The number of carbonyl (C=O) groups is 1. The van der Waals surface area contributed by atoms with E-state index in [-0.39, 0.29) is 16.7 Å². The van der Waals surface area contributed by atoms with E-state index >= 15 is 0 Å². The van der Waals surface area contributed by atoms with Crippen LogP contribution in [0.5, 0.6) is 5.75 Å². The number of fused-ring (bicyclic) bond motifs is 2. The average molecular weight is 399 g/mol. The zero-order valence-corrected chi connectivity index (χ0v) is 16.1. The first-order valence-electron chi connectivity index (χ1n) is 9.47. The van der Waals surface area contributed by atoms with Crippen molar-refractivity contribution in [2.45, 2.75) is 36.2 Å². The van der Waals surface area contributed by atoms with E-state index < -0.39 is 15.6 Å². The number of piperidine rings is 1. The molecule has 2 aliphatic heterocycles. The molecule has 2 unspecified atom stereocenters. The Morgan fingerprint density at radius 3 is 3.04 bits per heavy atom. The molecule has 1 amide bonds. The van der Waals surface area contributed by atoms with Crippen LogP contribution in [0.4, 0.5) is 0 Å². The molecule has 1 saturated heterocycles. The van der Waals surface area contributed by atoms with Crippen molar-refractivity contribution < 1.29 is 17.9 Å². The number of amides is 1. The maximum Gasteiger partial charge on any atom is 0.244 e. The molecule has 1 aromatic carbocycles. The minimum Gasteiger partial charge on any atom is -0.493 e. The number of benzene rings is 1. The van der Waals surface area contributed by atoms with Crippen LogP contribution in [-0.2, 0) is 27.8 Å². The standard InChI is InChI=1S/C20H21N3O4S/c24-19(22-13-14-2-1-7-21-12-14)20-11-16(20)5-8-23(20)28(25,26)17-3-4-18-15(10-17)6-9-27-18/h1-4,7,10,12,16H,5-6,8-9,11,13H2,(H,22,24). The minimum atomic E-state index is -3.75. The van der Waals surface area contributed by atoms with Crippen LogP contribution in [0.25, 0.3) is 0 Å². The Balaban J connectivity index is 1.39. The summed E-state index contributed by atoms with van der Waals surface area (Å²) >= 11 is 0. The molecular formula is C20H21N3O4S. The molecule has 2 fully saturated rings. The second-order valence-corrected chi connectivity index (χ2v) is 9.47. The highest BCUT2D eigenvalue weighted by Crippen LogP contribution is 2.57. The summed E-state index contributed by atoms with van der Waals surface area (Å²) in [5, 5.41) is 2.91. The molecule has 2 aromatic rings. The summed E-state index contributed by atoms with van der Waals surface area (Å²) in [6.07, 6.45) is 5.37. The number of rotatable bonds is 5. The molecular weight excluding hydrogens is 378 g/mol. The van der Waals surface area contributed by atoms with Crippen molar-refractivity contribution in [3.8, 4) is 5.75 Å². The van der Waals surface area contributed by atoms with Gasteiger partial charge < -0.3 is 10.1 Å². The molecule has 1 saturated carbocycles. The molecule has 1 N–H and O–H groups in total. The number of sulfonamides is 1. The van der Waals surface area contributed by atoms with Crippen LogP contribution in [0, 0.1) is 5.92 Å². The van der Waals surface area contributed by atoms with Gasteiger partial charge in [-0.3, -0.25) is 9.78 Å². The van der Waals surface area contributed by atoms with Gasteiger partial charge in [0.05, 0.1) is 11.5 Å². The Hall–Kier alpha value is -2.45. The summed E-state index contributed by atoms with van der Waals surface area (Å²) in [5.41, 5.74) is 0.842. The maximum absolute atomic E-state index is 13.4. The molecule has 0 spiro atoms. The third-order valence-electron chi connectivity index (χ3n) is 6.02. The highest BCUT2D eigenvalue weighted by molar-refractivity contribution is 7.89. The molecule has 1 aliphatic carbocycles. The van der Waals surface area contributed by atoms with E-state index in [1.807, 2.05) is 12.1 Å². The van der Waals surface area contributed by atoms with E-state index in [4.69, 9.17) is 4.74 Å². The van der Waals surface area contributed by atoms with Crippen molar-refractivity contribution in [2.24, 2.45) is 5.92 Å². The number of pyridine rings is 1. The van der Waals surface area contributed by atoms with Gasteiger partial charge in [0, 0.05) is 31.9 Å². The Morgan fingerprint density at radius 1 is 1.36 bits per heavy atom. The third-order valence-corrected chi connectivity index (χ3v) is 7.95. The summed E-state index contributed by atoms with van der Waals surface area (Å²) in [7, 11) is -3.75. The molecule has 3 heterocycles. The van der Waals surface area contributed by atoms with E-state index in [1.165, 1.54) is 4.31 Å². The van der Waals surface area contributed by atoms with Crippen LogP contribution in [0.15, 0.2) is 47.6 Å². The number of nitrogens with zero attached hydrogens (tertiary/aromatic N) is 2. The molecule has 0 radical (unpaired) electrons. The number of nitrogens with one attached hydrogen (secondary N) is 1. The summed E-state index contributed by atoms with van der Waals surface area (Å²) in [5.74, 6) is 0.620. The van der Waals surface area contributed by atoms with Gasteiger partial charge in [-0.15, -0.1) is 0 Å². The van der Waals surface area contributed by atoms with Crippen molar-refractivity contribution in [1.82, 2.24) is 14.6 Å². The first kappa shape index (κ1) is 17.6. The van der Waals surface area contributed by atoms with Gasteiger partial charge >= 0.3 is 0 Å². The van der Waals surface area contributed by atoms with Crippen molar-refractivity contribution in [3.05, 3.63) is 53.9 Å². The summed E-state index contributed by atoms with van der Waals surface area (Å²) in [6, 6.07) is 8.67. The Morgan fingerprint density at radius 2 is 2.25 bits per heavy atom. The lowest BCUT2D eigenvalue weighted by Crippen LogP contribution is -2.50. The highest BCUT2D eigenvalue weighted by Gasteiger charge is 2.70. The molecule has 8 heteroatoms. The SMILES string of the molecule is O=C(NCc1cccnc1)C12CC1CCN2S(=O)(=O)c1ccc2c(c1)CCO2.